The summed E-state index contributed by atoms with van der Waals surface area (Å²) >= 11 is 11.7. The first-order valence-electron chi connectivity index (χ1n) is 4.72. The van der Waals surface area contributed by atoms with E-state index in [1.54, 1.807) is 0 Å². The molecule has 0 saturated heterocycles. The van der Waals surface area contributed by atoms with Crippen LogP contribution in [0.15, 0.2) is 29.7 Å². The molecular weight excluding hydrogens is 338 g/mol. The Morgan fingerprint density at radius 2 is 1.60 bits per heavy atom. The summed E-state index contributed by atoms with van der Waals surface area (Å²) < 4.78 is 32.6. The Morgan fingerprint density at radius 3 is 2.05 bits per heavy atom. The number of rotatable bonds is 3. The van der Waals surface area contributed by atoms with Crippen molar-refractivity contribution < 1.29 is 42.5 Å². The number of aromatic nitrogens is 3. The van der Waals surface area contributed by atoms with Gasteiger partial charge >= 0.3 is 29.6 Å². The van der Waals surface area contributed by atoms with E-state index in [0.717, 1.165) is 12.1 Å². The van der Waals surface area contributed by atoms with Gasteiger partial charge in [0.15, 0.2) is 0 Å². The summed E-state index contributed by atoms with van der Waals surface area (Å²) in [5, 5.41) is 2.62. The van der Waals surface area contributed by atoms with Gasteiger partial charge in [0.1, 0.15) is 22.8 Å². The van der Waals surface area contributed by atoms with E-state index in [-0.39, 0.29) is 51.2 Å². The van der Waals surface area contributed by atoms with Gasteiger partial charge in [0, 0.05) is 0 Å². The second-order valence-electron chi connectivity index (χ2n) is 3.30. The standard InChI is InChI=1S/C9H6Cl2N4O3S.Na/c10-6-1-5(19(16,17)18)2-7(11)8(6)15-9-13-3-12-4-14-9;/h1-4H,(H,16,17,18)(H,12,13,14,15);/q;+1/p-1. The van der Waals surface area contributed by atoms with Crippen LogP contribution in [-0.2, 0) is 10.1 Å². The van der Waals surface area contributed by atoms with E-state index in [0.29, 0.717) is 0 Å². The van der Waals surface area contributed by atoms with Gasteiger partial charge in [-0.15, -0.1) is 0 Å². The van der Waals surface area contributed by atoms with Crippen molar-refractivity contribution in [2.45, 2.75) is 4.90 Å². The third kappa shape index (κ3) is 4.26. The van der Waals surface area contributed by atoms with Gasteiger partial charge in [0.25, 0.3) is 0 Å². The SMILES string of the molecule is O=S(=O)([O-])c1cc(Cl)c(Nc2ncncn2)c(Cl)c1.[Na+]. The van der Waals surface area contributed by atoms with Crippen molar-refractivity contribution >= 4 is 45.0 Å². The van der Waals surface area contributed by atoms with Crippen molar-refractivity contribution in [2.75, 3.05) is 5.32 Å². The molecule has 2 rings (SSSR count). The number of halogens is 2. The molecule has 1 heterocycles. The Labute approximate surface area is 146 Å². The van der Waals surface area contributed by atoms with Gasteiger partial charge in [-0.1, -0.05) is 23.2 Å². The van der Waals surface area contributed by atoms with Crippen LogP contribution in [-0.4, -0.2) is 27.9 Å². The number of nitrogens with one attached hydrogen (secondary N) is 1. The molecule has 0 aliphatic heterocycles. The van der Waals surface area contributed by atoms with Gasteiger partial charge in [-0.3, -0.25) is 0 Å². The van der Waals surface area contributed by atoms with Crippen LogP contribution in [0.3, 0.4) is 0 Å². The summed E-state index contributed by atoms with van der Waals surface area (Å²) in [5.41, 5.74) is 0.196. The average molecular weight is 343 g/mol. The van der Waals surface area contributed by atoms with Crippen molar-refractivity contribution in [2.24, 2.45) is 0 Å². The van der Waals surface area contributed by atoms with Crippen molar-refractivity contribution in [3.63, 3.8) is 0 Å². The molecule has 20 heavy (non-hydrogen) atoms. The maximum atomic E-state index is 10.9. The quantitative estimate of drug-likeness (QED) is 0.553. The van der Waals surface area contributed by atoms with Crippen LogP contribution in [0.1, 0.15) is 0 Å². The minimum Gasteiger partial charge on any atom is -0.744 e. The van der Waals surface area contributed by atoms with Crippen molar-refractivity contribution in [3.05, 3.63) is 34.8 Å². The molecule has 100 valence electrons. The van der Waals surface area contributed by atoms with Gasteiger partial charge in [-0.05, 0) is 12.1 Å². The molecule has 0 amide bonds. The summed E-state index contributed by atoms with van der Waals surface area (Å²) in [6.07, 6.45) is 2.52. The third-order valence-electron chi connectivity index (χ3n) is 2.03. The Hall–Kier alpha value is -0.480. The molecule has 7 nitrogen and oxygen atoms in total. The van der Waals surface area contributed by atoms with Crippen LogP contribution in [0.4, 0.5) is 11.6 Å². The van der Waals surface area contributed by atoms with Crippen LogP contribution in [0.25, 0.3) is 0 Å². The predicted octanol–water partition coefficient (Wildman–Crippen LogP) is -1.17. The van der Waals surface area contributed by atoms with Crippen LogP contribution in [0.5, 0.6) is 0 Å². The summed E-state index contributed by atoms with van der Waals surface area (Å²) in [4.78, 5) is 10.7. The second kappa shape index (κ2) is 6.99. The zero-order valence-corrected chi connectivity index (χ0v) is 14.4. The van der Waals surface area contributed by atoms with E-state index in [1.807, 2.05) is 0 Å². The summed E-state index contributed by atoms with van der Waals surface area (Å²) in [6.45, 7) is 0. The average Bonchev–Trinajstić information content (AvgIpc) is 2.33. The zero-order chi connectivity index (χ0) is 14.0. The molecule has 11 heteroatoms. The number of anilines is 2. The topological polar surface area (TPSA) is 108 Å². The fourth-order valence-corrected chi connectivity index (χ4v) is 2.46. The first-order valence-corrected chi connectivity index (χ1v) is 6.88. The Kier molecular flexibility index (Phi) is 6.14. The Balaban J connectivity index is 0.00000200. The molecule has 0 radical (unpaired) electrons. The molecule has 0 spiro atoms. The molecular formula is C9H5Cl2N4NaO3S. The molecule has 1 aromatic heterocycles. The normalized spacial score (nSPS) is 10.8. The molecule has 0 unspecified atom stereocenters. The molecule has 0 atom stereocenters. The molecule has 0 aliphatic carbocycles. The number of hydrogen-bond donors (Lipinski definition) is 1. The molecule has 0 fully saturated rings. The van der Waals surface area contributed by atoms with E-state index in [2.05, 4.69) is 20.3 Å². The minimum atomic E-state index is -4.63. The molecule has 1 aromatic carbocycles. The number of hydrogen-bond acceptors (Lipinski definition) is 7. The first-order chi connectivity index (χ1) is 8.88. The first kappa shape index (κ1) is 17.6. The Morgan fingerprint density at radius 1 is 1.10 bits per heavy atom. The maximum Gasteiger partial charge on any atom is 1.00 e. The van der Waals surface area contributed by atoms with Crippen molar-refractivity contribution in [3.8, 4) is 0 Å². The van der Waals surface area contributed by atoms with E-state index < -0.39 is 15.0 Å². The van der Waals surface area contributed by atoms with Crippen LogP contribution in [0.2, 0.25) is 10.0 Å². The Bertz CT molecular complexity index is 691. The fraction of sp³-hybridized carbons (Fsp3) is 0. The zero-order valence-electron chi connectivity index (χ0n) is 10.0. The van der Waals surface area contributed by atoms with E-state index in [9.17, 15) is 13.0 Å². The molecule has 2 aromatic rings. The molecule has 1 N–H and O–H groups in total. The van der Waals surface area contributed by atoms with E-state index in [4.69, 9.17) is 23.2 Å². The van der Waals surface area contributed by atoms with Crippen molar-refractivity contribution in [1.82, 2.24) is 15.0 Å². The predicted molar refractivity (Wildman–Crippen MR) is 67.5 cm³/mol. The molecule has 0 aliphatic rings. The van der Waals surface area contributed by atoms with Gasteiger partial charge < -0.3 is 9.87 Å². The van der Waals surface area contributed by atoms with Crippen LogP contribution in [0, 0.1) is 0 Å². The maximum absolute atomic E-state index is 10.9. The minimum absolute atomic E-state index is 0. The fourth-order valence-electron chi connectivity index (χ4n) is 1.23. The van der Waals surface area contributed by atoms with Gasteiger partial charge in [0.2, 0.25) is 5.95 Å². The number of benzene rings is 1. The van der Waals surface area contributed by atoms with Gasteiger partial charge in [0.05, 0.1) is 20.6 Å². The summed E-state index contributed by atoms with van der Waals surface area (Å²) in [5.74, 6) is 0.177. The van der Waals surface area contributed by atoms with Crippen LogP contribution >= 0.6 is 23.2 Å². The van der Waals surface area contributed by atoms with E-state index >= 15 is 0 Å². The van der Waals surface area contributed by atoms with E-state index in [1.165, 1.54) is 12.7 Å². The molecule has 0 saturated carbocycles. The van der Waals surface area contributed by atoms with Gasteiger partial charge in [-0.25, -0.2) is 23.4 Å². The third-order valence-corrected chi connectivity index (χ3v) is 3.44. The summed E-state index contributed by atoms with van der Waals surface area (Å²) in [7, 11) is -4.63. The summed E-state index contributed by atoms with van der Waals surface area (Å²) in [6, 6.07) is 2.00. The smallest absolute Gasteiger partial charge is 0.744 e. The van der Waals surface area contributed by atoms with Crippen LogP contribution < -0.4 is 34.9 Å². The monoisotopic (exact) mass is 342 g/mol. The van der Waals surface area contributed by atoms with Crippen molar-refractivity contribution in [1.29, 1.82) is 0 Å². The van der Waals surface area contributed by atoms with Gasteiger partial charge in [-0.2, -0.15) is 0 Å². The number of nitrogens with zero attached hydrogens (tertiary/aromatic N) is 3. The molecule has 0 bridgehead atoms. The largest absolute Gasteiger partial charge is 1.00 e. The second-order valence-corrected chi connectivity index (χ2v) is 5.50.